The molecule has 1 aromatic rings. The zero-order valence-corrected chi connectivity index (χ0v) is 13.4. The van der Waals surface area contributed by atoms with E-state index in [-0.39, 0.29) is 30.4 Å². The average molecular weight is 305 g/mol. The number of rotatable bonds is 4. The Balaban J connectivity index is 1.68. The van der Waals surface area contributed by atoms with Gasteiger partial charge in [-0.2, -0.15) is 0 Å². The van der Waals surface area contributed by atoms with Crippen LogP contribution in [-0.4, -0.2) is 75.3 Å². The van der Waals surface area contributed by atoms with Crippen LogP contribution in [0.5, 0.6) is 0 Å². The molecule has 0 N–H and O–H groups in total. The number of fused-ring (bicyclic) bond motifs is 1. The molecule has 2 atom stereocenters. The molecule has 2 aliphatic heterocycles. The smallest absolute Gasteiger partial charge is 0.241 e. The highest BCUT2D eigenvalue weighted by molar-refractivity contribution is 5.86. The molecule has 2 unspecified atom stereocenters. The molecule has 1 aromatic heterocycles. The Morgan fingerprint density at radius 3 is 2.82 bits per heavy atom. The highest BCUT2D eigenvalue weighted by Crippen LogP contribution is 2.33. The summed E-state index contributed by atoms with van der Waals surface area (Å²) in [6.07, 6.45) is 5.17. The third-order valence-electron chi connectivity index (χ3n) is 4.80. The average Bonchev–Trinajstić information content (AvgIpc) is 3.11. The number of hydrogen-bond donors (Lipinski definition) is 0. The zero-order valence-electron chi connectivity index (χ0n) is 13.4. The Morgan fingerprint density at radius 1 is 1.41 bits per heavy atom. The molecule has 2 amide bonds. The third-order valence-corrected chi connectivity index (χ3v) is 4.80. The lowest BCUT2D eigenvalue weighted by molar-refractivity contribution is -0.138. The van der Waals surface area contributed by atoms with E-state index in [0.29, 0.717) is 6.42 Å². The van der Waals surface area contributed by atoms with Crippen molar-refractivity contribution in [3.05, 3.63) is 18.2 Å². The minimum Gasteiger partial charge on any atom is -0.347 e. The van der Waals surface area contributed by atoms with Crippen LogP contribution in [0.2, 0.25) is 0 Å². The number of amides is 2. The monoisotopic (exact) mass is 305 g/mol. The molecule has 22 heavy (non-hydrogen) atoms. The Morgan fingerprint density at radius 2 is 2.18 bits per heavy atom. The molecule has 3 heterocycles. The van der Waals surface area contributed by atoms with Gasteiger partial charge in [-0.25, -0.2) is 4.98 Å². The highest BCUT2D eigenvalue weighted by atomic mass is 16.2. The Kier molecular flexibility index (Phi) is 3.90. The maximum atomic E-state index is 12.3. The molecule has 0 spiro atoms. The van der Waals surface area contributed by atoms with Crippen molar-refractivity contribution in [2.24, 2.45) is 7.05 Å². The molecule has 2 aliphatic rings. The maximum Gasteiger partial charge on any atom is 0.241 e. The van der Waals surface area contributed by atoms with Crippen molar-refractivity contribution in [2.45, 2.75) is 31.5 Å². The van der Waals surface area contributed by atoms with Crippen LogP contribution in [-0.2, 0) is 23.2 Å². The van der Waals surface area contributed by atoms with Crippen molar-refractivity contribution in [3.8, 4) is 0 Å². The SMILES string of the molecule is CN(C)C(=O)CN1C(=O)CC2C1CCN2Cc1nccn1C. The van der Waals surface area contributed by atoms with Crippen LogP contribution in [0.15, 0.2) is 12.4 Å². The summed E-state index contributed by atoms with van der Waals surface area (Å²) < 4.78 is 2.01. The molecule has 7 heteroatoms. The summed E-state index contributed by atoms with van der Waals surface area (Å²) in [4.78, 5) is 34.2. The van der Waals surface area contributed by atoms with Gasteiger partial charge in [-0.1, -0.05) is 0 Å². The molecule has 120 valence electrons. The normalized spacial score (nSPS) is 24.9. The van der Waals surface area contributed by atoms with Crippen LogP contribution in [0.1, 0.15) is 18.7 Å². The quantitative estimate of drug-likeness (QED) is 0.765. The lowest BCUT2D eigenvalue weighted by Gasteiger charge is -2.25. The number of nitrogens with zero attached hydrogens (tertiary/aromatic N) is 5. The number of carbonyl (C=O) groups excluding carboxylic acids is 2. The van der Waals surface area contributed by atoms with Crippen molar-refractivity contribution in [1.29, 1.82) is 0 Å². The molecule has 0 saturated carbocycles. The van der Waals surface area contributed by atoms with Gasteiger partial charge in [-0.3, -0.25) is 14.5 Å². The first-order valence-corrected chi connectivity index (χ1v) is 7.67. The van der Waals surface area contributed by atoms with E-state index < -0.39 is 0 Å². The topological polar surface area (TPSA) is 61.7 Å². The first kappa shape index (κ1) is 15.0. The van der Waals surface area contributed by atoms with Crippen molar-refractivity contribution < 1.29 is 9.59 Å². The molecule has 2 saturated heterocycles. The fourth-order valence-corrected chi connectivity index (χ4v) is 3.43. The first-order valence-electron chi connectivity index (χ1n) is 7.67. The number of hydrogen-bond acceptors (Lipinski definition) is 4. The number of imidazole rings is 1. The minimum atomic E-state index is -0.0171. The molecular formula is C15H23N5O2. The second kappa shape index (κ2) is 5.72. The van der Waals surface area contributed by atoms with Gasteiger partial charge in [0.1, 0.15) is 12.4 Å². The van der Waals surface area contributed by atoms with Gasteiger partial charge in [0.25, 0.3) is 0 Å². The standard InChI is InChI=1S/C15H23N5O2/c1-17(2)15(22)10-20-11-4-6-19(12(11)8-14(20)21)9-13-16-5-7-18(13)3/h5,7,11-12H,4,6,8-10H2,1-3H3. The van der Waals surface area contributed by atoms with Crippen LogP contribution in [0, 0.1) is 0 Å². The second-order valence-electron chi connectivity index (χ2n) is 6.36. The Labute approximate surface area is 130 Å². The molecule has 7 nitrogen and oxygen atoms in total. The van der Waals surface area contributed by atoms with Gasteiger partial charge in [-0.05, 0) is 6.42 Å². The maximum absolute atomic E-state index is 12.3. The fraction of sp³-hybridized carbons (Fsp3) is 0.667. The summed E-state index contributed by atoms with van der Waals surface area (Å²) in [7, 11) is 5.43. The van der Waals surface area contributed by atoms with Gasteiger partial charge in [0, 0.05) is 58.6 Å². The van der Waals surface area contributed by atoms with E-state index >= 15 is 0 Å². The highest BCUT2D eigenvalue weighted by Gasteiger charge is 2.47. The fourth-order valence-electron chi connectivity index (χ4n) is 3.43. The Bertz CT molecular complexity index is 582. The summed E-state index contributed by atoms with van der Waals surface area (Å²) >= 11 is 0. The molecule has 0 bridgehead atoms. The van der Waals surface area contributed by atoms with Crippen molar-refractivity contribution in [3.63, 3.8) is 0 Å². The predicted octanol–water partition coefficient (Wildman–Crippen LogP) is -0.316. The van der Waals surface area contributed by atoms with E-state index in [1.165, 1.54) is 0 Å². The van der Waals surface area contributed by atoms with Crippen LogP contribution in [0.4, 0.5) is 0 Å². The Hall–Kier alpha value is -1.89. The number of likely N-dealkylation sites (tertiary alicyclic amines) is 2. The van der Waals surface area contributed by atoms with Gasteiger partial charge in [0.2, 0.25) is 11.8 Å². The summed E-state index contributed by atoms with van der Waals surface area (Å²) in [6, 6.07) is 0.371. The molecule has 3 rings (SSSR count). The van der Waals surface area contributed by atoms with E-state index in [2.05, 4.69) is 9.88 Å². The van der Waals surface area contributed by atoms with E-state index in [1.807, 2.05) is 17.8 Å². The lowest BCUT2D eigenvalue weighted by atomic mass is 10.1. The minimum absolute atomic E-state index is 0.0171. The molecular weight excluding hydrogens is 282 g/mol. The zero-order chi connectivity index (χ0) is 15.9. The van der Waals surface area contributed by atoms with Crippen LogP contribution < -0.4 is 0 Å². The summed E-state index contributed by atoms with van der Waals surface area (Å²) in [5, 5.41) is 0. The summed E-state index contributed by atoms with van der Waals surface area (Å²) in [5.41, 5.74) is 0. The number of aromatic nitrogens is 2. The van der Waals surface area contributed by atoms with Gasteiger partial charge >= 0.3 is 0 Å². The van der Waals surface area contributed by atoms with Gasteiger partial charge < -0.3 is 14.4 Å². The lowest BCUT2D eigenvalue weighted by Crippen LogP contribution is -2.43. The first-order chi connectivity index (χ1) is 10.5. The van der Waals surface area contributed by atoms with E-state index in [1.54, 1.807) is 30.1 Å². The van der Waals surface area contributed by atoms with E-state index in [0.717, 1.165) is 25.3 Å². The molecule has 2 fully saturated rings. The number of aryl methyl sites for hydroxylation is 1. The van der Waals surface area contributed by atoms with Crippen molar-refractivity contribution in [1.82, 2.24) is 24.3 Å². The van der Waals surface area contributed by atoms with E-state index in [9.17, 15) is 9.59 Å². The van der Waals surface area contributed by atoms with Crippen LogP contribution >= 0.6 is 0 Å². The number of likely N-dealkylation sites (N-methyl/N-ethyl adjacent to an activating group) is 1. The van der Waals surface area contributed by atoms with Gasteiger partial charge in [0.05, 0.1) is 6.54 Å². The predicted molar refractivity (Wildman–Crippen MR) is 80.8 cm³/mol. The van der Waals surface area contributed by atoms with Crippen molar-refractivity contribution in [2.75, 3.05) is 27.2 Å². The van der Waals surface area contributed by atoms with Crippen molar-refractivity contribution >= 4 is 11.8 Å². The molecule has 0 aromatic carbocycles. The number of carbonyl (C=O) groups is 2. The van der Waals surface area contributed by atoms with Gasteiger partial charge in [-0.15, -0.1) is 0 Å². The van der Waals surface area contributed by atoms with Crippen LogP contribution in [0.25, 0.3) is 0 Å². The molecule has 0 aliphatic carbocycles. The molecule has 0 radical (unpaired) electrons. The largest absolute Gasteiger partial charge is 0.347 e. The van der Waals surface area contributed by atoms with Gasteiger partial charge in [0.15, 0.2) is 0 Å². The van der Waals surface area contributed by atoms with E-state index in [4.69, 9.17) is 0 Å². The third kappa shape index (κ3) is 2.61. The van der Waals surface area contributed by atoms with Crippen LogP contribution in [0.3, 0.4) is 0 Å². The second-order valence-corrected chi connectivity index (χ2v) is 6.36. The summed E-state index contributed by atoms with van der Waals surface area (Å²) in [6.45, 7) is 1.90. The summed E-state index contributed by atoms with van der Waals surface area (Å²) in [5.74, 6) is 1.09.